The van der Waals surface area contributed by atoms with Crippen LogP contribution < -0.4 is 16.0 Å². The highest BCUT2D eigenvalue weighted by atomic mass is 79.9. The van der Waals surface area contributed by atoms with Gasteiger partial charge in [0.2, 0.25) is 0 Å². The molecule has 2 rings (SSSR count). The molecule has 0 aliphatic carbocycles. The van der Waals surface area contributed by atoms with Gasteiger partial charge in [-0.3, -0.25) is 0 Å². The third-order valence-electron chi connectivity index (χ3n) is 2.72. The van der Waals surface area contributed by atoms with E-state index in [4.69, 9.17) is 5.73 Å². The first-order valence-corrected chi connectivity index (χ1v) is 5.85. The monoisotopic (exact) mass is 270 g/mol. The summed E-state index contributed by atoms with van der Waals surface area (Å²) in [5, 5.41) is 3.31. The van der Waals surface area contributed by atoms with E-state index < -0.39 is 0 Å². The molecule has 1 fully saturated rings. The normalized spacial score (nSPS) is 16.8. The SMILES string of the molecule is Cc1c(Br)cnc(N2CCNCC2)c1N. The van der Waals surface area contributed by atoms with E-state index >= 15 is 0 Å². The maximum atomic E-state index is 6.06. The second-order valence-electron chi connectivity index (χ2n) is 3.71. The van der Waals surface area contributed by atoms with Crippen LogP contribution in [0.5, 0.6) is 0 Å². The number of rotatable bonds is 1. The second-order valence-corrected chi connectivity index (χ2v) is 4.56. The summed E-state index contributed by atoms with van der Waals surface area (Å²) in [5.74, 6) is 0.914. The van der Waals surface area contributed by atoms with Crippen molar-refractivity contribution in [3.8, 4) is 0 Å². The zero-order valence-corrected chi connectivity index (χ0v) is 10.3. The number of hydrogen-bond donors (Lipinski definition) is 2. The number of nitrogens with zero attached hydrogens (tertiary/aromatic N) is 2. The molecular weight excluding hydrogens is 256 g/mol. The number of aromatic nitrogens is 1. The third kappa shape index (κ3) is 2.08. The van der Waals surface area contributed by atoms with Crippen LogP contribution in [0.1, 0.15) is 5.56 Å². The summed E-state index contributed by atoms with van der Waals surface area (Å²) in [7, 11) is 0. The molecule has 5 heteroatoms. The first-order valence-electron chi connectivity index (χ1n) is 5.06. The molecule has 0 unspecified atom stereocenters. The minimum absolute atomic E-state index is 0.784. The van der Waals surface area contributed by atoms with Gasteiger partial charge in [0.05, 0.1) is 5.69 Å². The third-order valence-corrected chi connectivity index (χ3v) is 3.52. The van der Waals surface area contributed by atoms with Crippen molar-refractivity contribution < 1.29 is 0 Å². The van der Waals surface area contributed by atoms with E-state index in [-0.39, 0.29) is 0 Å². The molecule has 0 spiro atoms. The summed E-state index contributed by atoms with van der Waals surface area (Å²) in [6.45, 7) is 5.94. The predicted octanol–water partition coefficient (Wildman–Crippen LogP) is 1.14. The van der Waals surface area contributed by atoms with Crippen molar-refractivity contribution in [3.63, 3.8) is 0 Å². The van der Waals surface area contributed by atoms with Crippen LogP contribution in [0.3, 0.4) is 0 Å². The maximum absolute atomic E-state index is 6.06. The Morgan fingerprint density at radius 1 is 1.47 bits per heavy atom. The van der Waals surface area contributed by atoms with Gasteiger partial charge in [-0.1, -0.05) is 0 Å². The van der Waals surface area contributed by atoms with E-state index in [0.717, 1.165) is 47.7 Å². The number of pyridine rings is 1. The van der Waals surface area contributed by atoms with Gasteiger partial charge in [-0.05, 0) is 28.4 Å². The van der Waals surface area contributed by atoms with E-state index in [1.165, 1.54) is 0 Å². The lowest BCUT2D eigenvalue weighted by Crippen LogP contribution is -2.44. The summed E-state index contributed by atoms with van der Waals surface area (Å²) in [6, 6.07) is 0. The van der Waals surface area contributed by atoms with Crippen molar-refractivity contribution >= 4 is 27.4 Å². The summed E-state index contributed by atoms with van der Waals surface area (Å²) < 4.78 is 0.971. The fraction of sp³-hybridized carbons (Fsp3) is 0.500. The lowest BCUT2D eigenvalue weighted by atomic mass is 10.2. The van der Waals surface area contributed by atoms with Crippen molar-refractivity contribution in [1.29, 1.82) is 0 Å². The molecule has 4 nitrogen and oxygen atoms in total. The molecule has 0 aromatic carbocycles. The Balaban J connectivity index is 2.31. The molecule has 1 aliphatic heterocycles. The van der Waals surface area contributed by atoms with E-state index in [0.29, 0.717) is 0 Å². The van der Waals surface area contributed by atoms with Gasteiger partial charge in [-0.25, -0.2) is 4.98 Å². The lowest BCUT2D eigenvalue weighted by Gasteiger charge is -2.29. The summed E-state index contributed by atoms with van der Waals surface area (Å²) >= 11 is 3.43. The molecule has 1 aromatic heterocycles. The quantitative estimate of drug-likeness (QED) is 0.804. The standard InChI is InChI=1S/C10H15BrN4/c1-7-8(11)6-14-10(9(7)12)15-4-2-13-3-5-15/h6,13H,2-5,12H2,1H3. The minimum Gasteiger partial charge on any atom is -0.395 e. The summed E-state index contributed by atoms with van der Waals surface area (Å²) in [5.41, 5.74) is 7.91. The molecule has 0 radical (unpaired) electrons. The molecule has 1 aromatic rings. The molecule has 2 heterocycles. The van der Waals surface area contributed by atoms with Gasteiger partial charge >= 0.3 is 0 Å². The fourth-order valence-corrected chi connectivity index (χ4v) is 2.03. The summed E-state index contributed by atoms with van der Waals surface area (Å²) in [6.07, 6.45) is 1.82. The van der Waals surface area contributed by atoms with Gasteiger partial charge in [-0.15, -0.1) is 0 Å². The van der Waals surface area contributed by atoms with Crippen molar-refractivity contribution in [3.05, 3.63) is 16.2 Å². The lowest BCUT2D eigenvalue weighted by molar-refractivity contribution is 0.585. The zero-order valence-electron chi connectivity index (χ0n) is 8.76. The average Bonchev–Trinajstić information content (AvgIpc) is 2.27. The molecule has 3 N–H and O–H groups in total. The Bertz CT molecular complexity index is 361. The fourth-order valence-electron chi connectivity index (χ4n) is 1.71. The number of nitrogens with one attached hydrogen (secondary N) is 1. The number of halogens is 1. The Kier molecular flexibility index (Phi) is 3.11. The van der Waals surface area contributed by atoms with Gasteiger partial charge < -0.3 is 16.0 Å². The highest BCUT2D eigenvalue weighted by Crippen LogP contribution is 2.28. The van der Waals surface area contributed by atoms with Crippen LogP contribution in [0, 0.1) is 6.92 Å². The van der Waals surface area contributed by atoms with Crippen molar-refractivity contribution in [2.75, 3.05) is 36.8 Å². The van der Waals surface area contributed by atoms with Crippen LogP contribution in [0.2, 0.25) is 0 Å². The number of nitrogens with two attached hydrogens (primary N) is 1. The molecule has 1 saturated heterocycles. The molecule has 0 bridgehead atoms. The van der Waals surface area contributed by atoms with E-state index in [1.807, 2.05) is 13.1 Å². The van der Waals surface area contributed by atoms with Gasteiger partial charge in [0, 0.05) is 36.8 Å². The van der Waals surface area contributed by atoms with Crippen LogP contribution in [0.4, 0.5) is 11.5 Å². The van der Waals surface area contributed by atoms with Gasteiger partial charge in [0.1, 0.15) is 0 Å². The molecule has 82 valence electrons. The number of hydrogen-bond acceptors (Lipinski definition) is 4. The Hall–Kier alpha value is -0.810. The minimum atomic E-state index is 0.784. The first-order chi connectivity index (χ1) is 7.20. The Labute approximate surface area is 98.0 Å². The highest BCUT2D eigenvalue weighted by Gasteiger charge is 2.16. The number of nitrogen functional groups attached to an aromatic ring is 1. The second kappa shape index (κ2) is 4.37. The van der Waals surface area contributed by atoms with E-state index in [1.54, 1.807) is 0 Å². The number of piperazine rings is 1. The van der Waals surface area contributed by atoms with Crippen molar-refractivity contribution in [2.24, 2.45) is 0 Å². The zero-order chi connectivity index (χ0) is 10.8. The molecule has 15 heavy (non-hydrogen) atoms. The van der Waals surface area contributed by atoms with Crippen LogP contribution in [-0.2, 0) is 0 Å². The van der Waals surface area contributed by atoms with Gasteiger partial charge in [-0.2, -0.15) is 0 Å². The molecule has 0 amide bonds. The van der Waals surface area contributed by atoms with E-state index in [2.05, 4.69) is 31.1 Å². The molecule has 1 aliphatic rings. The Morgan fingerprint density at radius 2 is 2.13 bits per heavy atom. The van der Waals surface area contributed by atoms with Crippen molar-refractivity contribution in [1.82, 2.24) is 10.3 Å². The van der Waals surface area contributed by atoms with Crippen LogP contribution in [0.15, 0.2) is 10.7 Å². The topological polar surface area (TPSA) is 54.2 Å². The summed E-state index contributed by atoms with van der Waals surface area (Å²) in [4.78, 5) is 6.62. The largest absolute Gasteiger partial charge is 0.395 e. The molecule has 0 atom stereocenters. The van der Waals surface area contributed by atoms with Crippen LogP contribution in [0.25, 0.3) is 0 Å². The predicted molar refractivity (Wildman–Crippen MR) is 66.2 cm³/mol. The van der Waals surface area contributed by atoms with Crippen molar-refractivity contribution in [2.45, 2.75) is 6.92 Å². The highest BCUT2D eigenvalue weighted by molar-refractivity contribution is 9.10. The van der Waals surface area contributed by atoms with Gasteiger partial charge in [0.25, 0.3) is 0 Å². The smallest absolute Gasteiger partial charge is 0.152 e. The van der Waals surface area contributed by atoms with Crippen LogP contribution in [-0.4, -0.2) is 31.2 Å². The molecule has 0 saturated carbocycles. The number of anilines is 2. The van der Waals surface area contributed by atoms with Gasteiger partial charge in [0.15, 0.2) is 5.82 Å². The molecular formula is C10H15BrN4. The van der Waals surface area contributed by atoms with Crippen LogP contribution >= 0.6 is 15.9 Å². The first kappa shape index (κ1) is 10.7. The average molecular weight is 271 g/mol. The Morgan fingerprint density at radius 3 is 2.80 bits per heavy atom. The maximum Gasteiger partial charge on any atom is 0.152 e. The van der Waals surface area contributed by atoms with E-state index in [9.17, 15) is 0 Å².